The fourth-order valence-corrected chi connectivity index (χ4v) is 3.86. The Labute approximate surface area is 164 Å². The second-order valence-corrected chi connectivity index (χ2v) is 7.89. The Balaban J connectivity index is 1.28. The number of amides is 1. The van der Waals surface area contributed by atoms with Crippen molar-refractivity contribution >= 4 is 5.91 Å². The van der Waals surface area contributed by atoms with Gasteiger partial charge in [-0.1, -0.05) is 24.3 Å². The van der Waals surface area contributed by atoms with Crippen LogP contribution in [-0.2, 0) is 13.0 Å². The topological polar surface area (TPSA) is 56.2 Å². The van der Waals surface area contributed by atoms with Crippen molar-refractivity contribution in [1.82, 2.24) is 15.1 Å². The molecule has 1 aromatic heterocycles. The van der Waals surface area contributed by atoms with Crippen LogP contribution in [-0.4, -0.2) is 28.8 Å². The van der Waals surface area contributed by atoms with Crippen LogP contribution in [0.5, 0.6) is 5.75 Å². The molecule has 5 heteroatoms. The van der Waals surface area contributed by atoms with Crippen LogP contribution in [0.2, 0.25) is 0 Å². The summed E-state index contributed by atoms with van der Waals surface area (Å²) in [6.07, 6.45) is 7.00. The average Bonchev–Trinajstić information content (AvgIpc) is 3.10. The van der Waals surface area contributed by atoms with E-state index in [9.17, 15) is 4.79 Å². The van der Waals surface area contributed by atoms with Crippen molar-refractivity contribution < 1.29 is 9.53 Å². The maximum atomic E-state index is 12.7. The SMILES string of the molecule is O=C(NCC1(Cn2cccn2)CC1)c1cccc(-c2ccc3c(c2)OCC3)c1. The maximum absolute atomic E-state index is 12.7. The molecule has 1 N–H and O–H groups in total. The van der Waals surface area contributed by atoms with Crippen LogP contribution < -0.4 is 10.1 Å². The van der Waals surface area contributed by atoms with E-state index in [1.54, 1.807) is 6.20 Å². The third-order valence-electron chi connectivity index (χ3n) is 5.79. The Bertz CT molecular complexity index is 1010. The molecule has 2 aromatic carbocycles. The van der Waals surface area contributed by atoms with Gasteiger partial charge in [-0.05, 0) is 53.8 Å². The van der Waals surface area contributed by atoms with Crippen LogP contribution in [0.4, 0.5) is 0 Å². The molecule has 0 unspecified atom stereocenters. The lowest BCUT2D eigenvalue weighted by Crippen LogP contribution is -2.32. The molecule has 0 atom stereocenters. The van der Waals surface area contributed by atoms with Gasteiger partial charge in [0.15, 0.2) is 0 Å². The van der Waals surface area contributed by atoms with E-state index in [0.29, 0.717) is 12.1 Å². The number of aromatic nitrogens is 2. The van der Waals surface area contributed by atoms with Gasteiger partial charge in [-0.2, -0.15) is 5.10 Å². The first-order valence-electron chi connectivity index (χ1n) is 9.83. The van der Waals surface area contributed by atoms with Crippen molar-refractivity contribution in [3.05, 3.63) is 72.1 Å². The molecular weight excluding hydrogens is 350 g/mol. The summed E-state index contributed by atoms with van der Waals surface area (Å²) in [4.78, 5) is 12.7. The average molecular weight is 373 g/mol. The van der Waals surface area contributed by atoms with E-state index >= 15 is 0 Å². The number of nitrogens with zero attached hydrogens (tertiary/aromatic N) is 2. The van der Waals surface area contributed by atoms with Gasteiger partial charge in [0.2, 0.25) is 0 Å². The van der Waals surface area contributed by atoms with Crippen LogP contribution in [0.1, 0.15) is 28.8 Å². The second kappa shape index (κ2) is 6.82. The lowest BCUT2D eigenvalue weighted by atomic mass is 10.0. The van der Waals surface area contributed by atoms with Crippen molar-refractivity contribution in [3.63, 3.8) is 0 Å². The molecule has 1 fully saturated rings. The van der Waals surface area contributed by atoms with Crippen molar-refractivity contribution in [1.29, 1.82) is 0 Å². The number of benzene rings is 2. The van der Waals surface area contributed by atoms with Crippen molar-refractivity contribution in [2.24, 2.45) is 5.41 Å². The van der Waals surface area contributed by atoms with Crippen LogP contribution in [0, 0.1) is 5.41 Å². The Kier molecular flexibility index (Phi) is 4.15. The molecule has 1 amide bonds. The predicted molar refractivity (Wildman–Crippen MR) is 107 cm³/mol. The van der Waals surface area contributed by atoms with E-state index in [4.69, 9.17) is 4.74 Å². The van der Waals surface area contributed by atoms with Crippen molar-refractivity contribution in [2.45, 2.75) is 25.8 Å². The Morgan fingerprint density at radius 3 is 2.86 bits per heavy atom. The highest BCUT2D eigenvalue weighted by atomic mass is 16.5. The minimum absolute atomic E-state index is 0.0222. The minimum Gasteiger partial charge on any atom is -0.493 e. The lowest BCUT2D eigenvalue weighted by Gasteiger charge is -2.16. The van der Waals surface area contributed by atoms with Gasteiger partial charge in [0, 0.05) is 42.9 Å². The van der Waals surface area contributed by atoms with Crippen molar-refractivity contribution in [2.75, 3.05) is 13.2 Å². The fourth-order valence-electron chi connectivity index (χ4n) is 3.86. The molecule has 142 valence electrons. The first-order chi connectivity index (χ1) is 13.7. The summed E-state index contributed by atoms with van der Waals surface area (Å²) in [5, 5.41) is 7.42. The van der Waals surface area contributed by atoms with E-state index in [1.165, 1.54) is 5.56 Å². The number of hydrogen-bond acceptors (Lipinski definition) is 3. The maximum Gasteiger partial charge on any atom is 0.251 e. The predicted octanol–water partition coefficient (Wildman–Crippen LogP) is 3.70. The van der Waals surface area contributed by atoms with Gasteiger partial charge in [0.05, 0.1) is 6.61 Å². The molecule has 28 heavy (non-hydrogen) atoms. The summed E-state index contributed by atoms with van der Waals surface area (Å²) < 4.78 is 7.63. The first kappa shape index (κ1) is 17.0. The van der Waals surface area contributed by atoms with Gasteiger partial charge >= 0.3 is 0 Å². The molecule has 3 aromatic rings. The molecule has 0 saturated heterocycles. The summed E-state index contributed by atoms with van der Waals surface area (Å²) in [5.74, 6) is 0.938. The number of rotatable bonds is 6. The molecule has 0 radical (unpaired) electrons. The molecule has 1 aliphatic carbocycles. The van der Waals surface area contributed by atoms with E-state index in [1.807, 2.05) is 41.2 Å². The second-order valence-electron chi connectivity index (χ2n) is 7.89. The van der Waals surface area contributed by atoms with E-state index in [-0.39, 0.29) is 11.3 Å². The summed E-state index contributed by atoms with van der Waals surface area (Å²) in [5.41, 5.74) is 4.20. The Morgan fingerprint density at radius 1 is 1.14 bits per heavy atom. The third kappa shape index (κ3) is 3.40. The number of ether oxygens (including phenoxy) is 1. The zero-order chi connectivity index (χ0) is 19.0. The van der Waals surface area contributed by atoms with Crippen molar-refractivity contribution in [3.8, 4) is 16.9 Å². The van der Waals surface area contributed by atoms with Crippen LogP contribution in [0.3, 0.4) is 0 Å². The van der Waals surface area contributed by atoms with Gasteiger partial charge in [0.1, 0.15) is 5.75 Å². The number of nitrogens with one attached hydrogen (secondary N) is 1. The quantitative estimate of drug-likeness (QED) is 0.717. The van der Waals surface area contributed by atoms with E-state index < -0.39 is 0 Å². The highest BCUT2D eigenvalue weighted by molar-refractivity contribution is 5.95. The molecule has 1 saturated carbocycles. The Hall–Kier alpha value is -3.08. The van der Waals surface area contributed by atoms with Crippen LogP contribution in [0.25, 0.3) is 11.1 Å². The van der Waals surface area contributed by atoms with Gasteiger partial charge in [-0.25, -0.2) is 0 Å². The number of hydrogen-bond donors (Lipinski definition) is 1. The van der Waals surface area contributed by atoms with Gasteiger partial charge < -0.3 is 10.1 Å². The molecule has 2 aliphatic rings. The number of carbonyl (C=O) groups excluding carboxylic acids is 1. The zero-order valence-corrected chi connectivity index (χ0v) is 15.7. The van der Waals surface area contributed by atoms with Gasteiger partial charge in [-0.3, -0.25) is 9.48 Å². The summed E-state index contributed by atoms with van der Waals surface area (Å²) in [6.45, 7) is 2.29. The third-order valence-corrected chi connectivity index (χ3v) is 5.79. The standard InChI is InChI=1S/C23H23N3O2/c27-22(24-15-23(8-9-23)16-26-11-2-10-25-26)20-4-1-3-18(13-20)19-6-5-17-7-12-28-21(17)14-19/h1-6,10-11,13-14H,7-9,12,15-16H2,(H,24,27). The monoisotopic (exact) mass is 373 g/mol. The van der Waals surface area contributed by atoms with Crippen LogP contribution >= 0.6 is 0 Å². The molecular formula is C23H23N3O2. The normalized spacial score (nSPS) is 16.3. The summed E-state index contributed by atoms with van der Waals surface area (Å²) in [7, 11) is 0. The smallest absolute Gasteiger partial charge is 0.251 e. The highest BCUT2D eigenvalue weighted by Crippen LogP contribution is 2.46. The molecule has 0 bridgehead atoms. The van der Waals surface area contributed by atoms with E-state index in [0.717, 1.165) is 49.3 Å². The number of carbonyl (C=O) groups is 1. The lowest BCUT2D eigenvalue weighted by molar-refractivity contribution is 0.0942. The molecule has 1 aliphatic heterocycles. The molecule has 2 heterocycles. The summed E-state index contributed by atoms with van der Waals surface area (Å²) in [6, 6.07) is 16.0. The number of fused-ring (bicyclic) bond motifs is 1. The minimum atomic E-state index is -0.0222. The van der Waals surface area contributed by atoms with Crippen LogP contribution in [0.15, 0.2) is 60.9 Å². The fraction of sp³-hybridized carbons (Fsp3) is 0.304. The van der Waals surface area contributed by atoms with E-state index in [2.05, 4.69) is 28.6 Å². The molecule has 5 rings (SSSR count). The highest BCUT2D eigenvalue weighted by Gasteiger charge is 2.43. The van der Waals surface area contributed by atoms with Gasteiger partial charge in [-0.15, -0.1) is 0 Å². The largest absolute Gasteiger partial charge is 0.493 e. The zero-order valence-electron chi connectivity index (χ0n) is 15.7. The molecule has 0 spiro atoms. The Morgan fingerprint density at radius 2 is 2.04 bits per heavy atom. The summed E-state index contributed by atoms with van der Waals surface area (Å²) >= 11 is 0. The first-order valence-corrected chi connectivity index (χ1v) is 9.83. The molecule has 5 nitrogen and oxygen atoms in total. The van der Waals surface area contributed by atoms with Gasteiger partial charge in [0.25, 0.3) is 5.91 Å².